The Morgan fingerprint density at radius 1 is 1.12 bits per heavy atom. The molecule has 0 aliphatic heterocycles. The third-order valence-corrected chi connectivity index (χ3v) is 5.81. The van der Waals surface area contributed by atoms with Gasteiger partial charge in [-0.05, 0) is 49.2 Å². The zero-order valence-corrected chi connectivity index (χ0v) is 15.6. The molecular formula is C17H20ClN3O2S. The summed E-state index contributed by atoms with van der Waals surface area (Å²) in [4.78, 5) is 0.252. The van der Waals surface area contributed by atoms with Crippen LogP contribution in [0.4, 0.5) is 5.69 Å². The first kappa shape index (κ1) is 18.4. The normalized spacial score (nSPS) is 12.5. The molecule has 0 saturated carbocycles. The first-order chi connectivity index (χ1) is 11.2. The summed E-state index contributed by atoms with van der Waals surface area (Å²) in [6, 6.07) is 12.2. The highest BCUT2D eigenvalue weighted by Gasteiger charge is 2.16. The van der Waals surface area contributed by atoms with E-state index < -0.39 is 10.0 Å². The first-order valence-electron chi connectivity index (χ1n) is 7.31. The van der Waals surface area contributed by atoms with Gasteiger partial charge in [0, 0.05) is 19.1 Å². The molecule has 0 atom stereocenters. The van der Waals surface area contributed by atoms with Crippen LogP contribution in [0.2, 0.25) is 5.02 Å². The van der Waals surface area contributed by atoms with Crippen molar-refractivity contribution in [2.75, 3.05) is 19.5 Å². The molecule has 0 unspecified atom stereocenters. The second-order valence-corrected chi connectivity index (χ2v) is 8.14. The van der Waals surface area contributed by atoms with Gasteiger partial charge >= 0.3 is 0 Å². The van der Waals surface area contributed by atoms with Gasteiger partial charge in [0.05, 0.1) is 16.3 Å². The van der Waals surface area contributed by atoms with Crippen LogP contribution in [-0.4, -0.2) is 32.5 Å². The molecule has 24 heavy (non-hydrogen) atoms. The third kappa shape index (κ3) is 4.14. The van der Waals surface area contributed by atoms with E-state index >= 15 is 0 Å². The largest absolute Gasteiger partial charge is 0.278 e. The van der Waals surface area contributed by atoms with Crippen LogP contribution in [0.3, 0.4) is 0 Å². The minimum absolute atomic E-state index is 0.252. The lowest BCUT2D eigenvalue weighted by atomic mass is 10.1. The zero-order chi connectivity index (χ0) is 17.9. The van der Waals surface area contributed by atoms with Crippen molar-refractivity contribution in [1.29, 1.82) is 0 Å². The van der Waals surface area contributed by atoms with Gasteiger partial charge < -0.3 is 0 Å². The van der Waals surface area contributed by atoms with Gasteiger partial charge in [0.1, 0.15) is 0 Å². The van der Waals surface area contributed by atoms with E-state index in [1.54, 1.807) is 30.3 Å². The van der Waals surface area contributed by atoms with Crippen molar-refractivity contribution < 1.29 is 8.42 Å². The predicted octanol–water partition coefficient (Wildman–Crippen LogP) is 3.73. The molecule has 0 amide bonds. The number of hydrogen-bond donors (Lipinski definition) is 1. The van der Waals surface area contributed by atoms with Crippen molar-refractivity contribution in [1.82, 2.24) is 4.31 Å². The molecule has 2 aromatic rings. The van der Waals surface area contributed by atoms with Crippen LogP contribution in [0.15, 0.2) is 52.5 Å². The Bertz CT molecular complexity index is 860. The fourth-order valence-electron chi connectivity index (χ4n) is 1.95. The van der Waals surface area contributed by atoms with E-state index in [4.69, 9.17) is 11.6 Å². The number of benzene rings is 2. The van der Waals surface area contributed by atoms with Gasteiger partial charge in [-0.3, -0.25) is 5.43 Å². The van der Waals surface area contributed by atoms with E-state index in [0.717, 1.165) is 22.5 Å². The Labute approximate surface area is 148 Å². The lowest BCUT2D eigenvalue weighted by molar-refractivity contribution is 0.521. The SMILES string of the molecule is C/C(=N/Nc1ccc(C)c(Cl)c1)c1ccc(S(=O)(=O)N(C)C)cc1. The van der Waals surface area contributed by atoms with E-state index in [1.165, 1.54) is 18.4 Å². The monoisotopic (exact) mass is 365 g/mol. The summed E-state index contributed by atoms with van der Waals surface area (Å²) in [7, 11) is -0.407. The zero-order valence-electron chi connectivity index (χ0n) is 14.0. The van der Waals surface area contributed by atoms with Gasteiger partial charge in [0.15, 0.2) is 0 Å². The summed E-state index contributed by atoms with van der Waals surface area (Å²) in [6.45, 7) is 3.78. The Hall–Kier alpha value is -1.89. The molecule has 0 bridgehead atoms. The van der Waals surface area contributed by atoms with Crippen molar-refractivity contribution >= 4 is 33.0 Å². The lowest BCUT2D eigenvalue weighted by Crippen LogP contribution is -2.22. The topological polar surface area (TPSA) is 61.8 Å². The first-order valence-corrected chi connectivity index (χ1v) is 9.13. The molecule has 0 fully saturated rings. The molecule has 0 spiro atoms. The number of aryl methyl sites for hydroxylation is 1. The summed E-state index contributed by atoms with van der Waals surface area (Å²) in [6.07, 6.45) is 0. The van der Waals surface area contributed by atoms with E-state index in [2.05, 4.69) is 10.5 Å². The smallest absolute Gasteiger partial charge is 0.242 e. The fraction of sp³-hybridized carbons (Fsp3) is 0.235. The molecule has 0 aromatic heterocycles. The van der Waals surface area contributed by atoms with Crippen LogP contribution < -0.4 is 5.43 Å². The average molecular weight is 366 g/mol. The summed E-state index contributed by atoms with van der Waals surface area (Å²) < 4.78 is 25.3. The highest BCUT2D eigenvalue weighted by Crippen LogP contribution is 2.20. The minimum Gasteiger partial charge on any atom is -0.278 e. The minimum atomic E-state index is -3.42. The highest BCUT2D eigenvalue weighted by atomic mass is 35.5. The van der Waals surface area contributed by atoms with Gasteiger partial charge in [-0.2, -0.15) is 5.10 Å². The van der Waals surface area contributed by atoms with Gasteiger partial charge in [0.25, 0.3) is 0 Å². The number of anilines is 1. The third-order valence-electron chi connectivity index (χ3n) is 3.58. The van der Waals surface area contributed by atoms with Crippen LogP contribution >= 0.6 is 11.6 Å². The fourth-order valence-corrected chi connectivity index (χ4v) is 3.04. The van der Waals surface area contributed by atoms with E-state index in [0.29, 0.717) is 5.02 Å². The van der Waals surface area contributed by atoms with Crippen LogP contribution in [-0.2, 0) is 10.0 Å². The standard InChI is InChI=1S/C17H20ClN3O2S/c1-12-5-8-15(11-17(12)18)20-19-13(2)14-6-9-16(10-7-14)24(22,23)21(3)4/h5-11,20H,1-4H3/b19-13-. The van der Waals surface area contributed by atoms with Crippen LogP contribution in [0.1, 0.15) is 18.1 Å². The molecule has 2 aromatic carbocycles. The van der Waals surface area contributed by atoms with Gasteiger partial charge in [-0.15, -0.1) is 0 Å². The molecule has 0 heterocycles. The number of nitrogens with zero attached hydrogens (tertiary/aromatic N) is 2. The molecule has 2 rings (SSSR count). The maximum absolute atomic E-state index is 12.1. The quantitative estimate of drug-likeness (QED) is 0.648. The van der Waals surface area contributed by atoms with Crippen molar-refractivity contribution in [2.24, 2.45) is 5.10 Å². The van der Waals surface area contributed by atoms with Gasteiger partial charge in [-0.25, -0.2) is 12.7 Å². The molecule has 0 aliphatic rings. The summed E-state index contributed by atoms with van der Waals surface area (Å²) in [5, 5.41) is 4.98. The highest BCUT2D eigenvalue weighted by molar-refractivity contribution is 7.89. The molecule has 128 valence electrons. The van der Waals surface area contributed by atoms with E-state index in [1.807, 2.05) is 26.0 Å². The summed E-state index contributed by atoms with van der Waals surface area (Å²) in [5.41, 5.74) is 6.31. The second-order valence-electron chi connectivity index (χ2n) is 5.58. The maximum Gasteiger partial charge on any atom is 0.242 e. The Morgan fingerprint density at radius 3 is 2.29 bits per heavy atom. The Balaban J connectivity index is 2.17. The van der Waals surface area contributed by atoms with Crippen molar-refractivity contribution in [3.05, 3.63) is 58.6 Å². The number of nitrogens with one attached hydrogen (secondary N) is 1. The molecule has 5 nitrogen and oxygen atoms in total. The van der Waals surface area contributed by atoms with E-state index in [-0.39, 0.29) is 4.90 Å². The van der Waals surface area contributed by atoms with Crippen LogP contribution in [0.5, 0.6) is 0 Å². The summed E-state index contributed by atoms with van der Waals surface area (Å²) in [5.74, 6) is 0. The Morgan fingerprint density at radius 2 is 1.75 bits per heavy atom. The van der Waals surface area contributed by atoms with E-state index in [9.17, 15) is 8.42 Å². The second kappa shape index (κ2) is 7.34. The molecule has 1 N–H and O–H groups in total. The molecule has 7 heteroatoms. The molecule has 0 saturated heterocycles. The van der Waals surface area contributed by atoms with Gasteiger partial charge in [0.2, 0.25) is 10.0 Å². The number of hydrogen-bond acceptors (Lipinski definition) is 4. The Kier molecular flexibility index (Phi) is 5.64. The molecule has 0 radical (unpaired) electrons. The number of hydrazone groups is 1. The molecular weight excluding hydrogens is 346 g/mol. The van der Waals surface area contributed by atoms with Crippen LogP contribution in [0.25, 0.3) is 0 Å². The van der Waals surface area contributed by atoms with Crippen molar-refractivity contribution in [3.63, 3.8) is 0 Å². The number of rotatable bonds is 5. The van der Waals surface area contributed by atoms with Crippen molar-refractivity contribution in [3.8, 4) is 0 Å². The average Bonchev–Trinajstić information content (AvgIpc) is 2.55. The maximum atomic E-state index is 12.1. The predicted molar refractivity (Wildman–Crippen MR) is 99.3 cm³/mol. The summed E-state index contributed by atoms with van der Waals surface area (Å²) >= 11 is 6.08. The number of halogens is 1. The number of sulfonamides is 1. The lowest BCUT2D eigenvalue weighted by Gasteiger charge is -2.11. The van der Waals surface area contributed by atoms with Gasteiger partial charge in [-0.1, -0.05) is 29.8 Å². The molecule has 0 aliphatic carbocycles. The van der Waals surface area contributed by atoms with Crippen LogP contribution in [0, 0.1) is 6.92 Å². The van der Waals surface area contributed by atoms with Crippen molar-refractivity contribution in [2.45, 2.75) is 18.7 Å².